The highest BCUT2D eigenvalue weighted by Crippen LogP contribution is 2.29. The van der Waals surface area contributed by atoms with Gasteiger partial charge in [-0.3, -0.25) is 0 Å². The second-order valence-corrected chi connectivity index (χ2v) is 7.99. The smallest absolute Gasteiger partial charge is 0.254 e. The fourth-order valence-corrected chi connectivity index (χ4v) is 5.04. The molecule has 1 N–H and O–H groups in total. The van der Waals surface area contributed by atoms with Crippen LogP contribution < -0.4 is 9.46 Å². The number of methoxy groups -OCH3 is 1. The van der Waals surface area contributed by atoms with Gasteiger partial charge in [0.15, 0.2) is 4.21 Å². The number of piperidine rings is 1. The highest BCUT2D eigenvalue weighted by atomic mass is 32.2. The Morgan fingerprint density at radius 2 is 2.10 bits per heavy atom. The van der Waals surface area contributed by atoms with Crippen molar-refractivity contribution in [2.45, 2.75) is 36.4 Å². The summed E-state index contributed by atoms with van der Waals surface area (Å²) in [5.41, 5.74) is 0. The van der Waals surface area contributed by atoms with Crippen molar-refractivity contribution in [2.75, 3.05) is 26.7 Å². The van der Waals surface area contributed by atoms with E-state index in [1.807, 2.05) is 6.92 Å². The lowest BCUT2D eigenvalue weighted by Gasteiger charge is -2.29. The molecule has 0 saturated carbocycles. The minimum atomic E-state index is -3.49. The molecule has 0 amide bonds. The number of hydrogen-bond donors (Lipinski definition) is 1. The van der Waals surface area contributed by atoms with E-state index >= 15 is 0 Å². The molecular formula is C13H22N2O3S2. The van der Waals surface area contributed by atoms with Gasteiger partial charge in [-0.2, -0.15) is 0 Å². The van der Waals surface area contributed by atoms with Gasteiger partial charge in [-0.1, -0.05) is 6.42 Å². The third kappa shape index (κ3) is 3.94. The summed E-state index contributed by atoms with van der Waals surface area (Å²) in [6, 6.07) is 1.57. The van der Waals surface area contributed by atoms with E-state index in [4.69, 9.17) is 4.74 Å². The summed E-state index contributed by atoms with van der Waals surface area (Å²) in [6.45, 7) is 4.79. The Kier molecular flexibility index (Phi) is 5.42. The van der Waals surface area contributed by atoms with Crippen LogP contribution in [-0.2, 0) is 10.0 Å². The molecule has 1 aliphatic rings. The molecule has 1 aliphatic heterocycles. The average molecular weight is 318 g/mol. The molecule has 1 aromatic heterocycles. The standard InChI is InChI=1S/C13H22N2O3S2/c1-11(10-15-7-4-3-5-8-15)14-20(16,17)13-12(18-2)6-9-19-13/h6,9,11,14H,3-5,7-8,10H2,1-2H3/t11-/m0/s1. The van der Waals surface area contributed by atoms with Crippen LogP contribution in [0.1, 0.15) is 26.2 Å². The molecule has 114 valence electrons. The average Bonchev–Trinajstić information content (AvgIpc) is 2.88. The Labute approximate surface area is 125 Å². The number of sulfonamides is 1. The summed E-state index contributed by atoms with van der Waals surface area (Å²) < 4.78 is 32.7. The van der Waals surface area contributed by atoms with Crippen molar-refractivity contribution < 1.29 is 13.2 Å². The number of hydrogen-bond acceptors (Lipinski definition) is 5. The van der Waals surface area contributed by atoms with Crippen LogP contribution in [0.25, 0.3) is 0 Å². The molecule has 20 heavy (non-hydrogen) atoms. The molecule has 5 nitrogen and oxygen atoms in total. The summed E-state index contributed by atoms with van der Waals surface area (Å²) in [5, 5.41) is 1.72. The van der Waals surface area contributed by atoms with Crippen molar-refractivity contribution in [3.05, 3.63) is 11.4 Å². The van der Waals surface area contributed by atoms with Gasteiger partial charge < -0.3 is 9.64 Å². The maximum atomic E-state index is 12.3. The third-order valence-corrected chi connectivity index (χ3v) is 6.43. The normalized spacial score (nSPS) is 18.9. The molecule has 0 aromatic carbocycles. The second-order valence-electron chi connectivity index (χ2n) is 5.16. The van der Waals surface area contributed by atoms with E-state index in [1.54, 1.807) is 11.4 Å². The van der Waals surface area contributed by atoms with Crippen LogP contribution in [0.3, 0.4) is 0 Å². The summed E-state index contributed by atoms with van der Waals surface area (Å²) in [4.78, 5) is 2.32. The zero-order valence-corrected chi connectivity index (χ0v) is 13.6. The van der Waals surface area contributed by atoms with Crippen LogP contribution in [0.5, 0.6) is 5.75 Å². The van der Waals surface area contributed by atoms with Crippen molar-refractivity contribution >= 4 is 21.4 Å². The first-order valence-corrected chi connectivity index (χ1v) is 9.25. The number of thiophene rings is 1. The predicted molar refractivity (Wildman–Crippen MR) is 80.9 cm³/mol. The van der Waals surface area contributed by atoms with Crippen LogP contribution in [-0.4, -0.2) is 46.1 Å². The van der Waals surface area contributed by atoms with Gasteiger partial charge in [-0.25, -0.2) is 13.1 Å². The van der Waals surface area contributed by atoms with Gasteiger partial charge >= 0.3 is 0 Å². The molecule has 1 fully saturated rings. The molecular weight excluding hydrogens is 296 g/mol. The Balaban J connectivity index is 1.97. The van der Waals surface area contributed by atoms with E-state index in [0.717, 1.165) is 19.6 Å². The Bertz CT molecular complexity index is 521. The lowest BCUT2D eigenvalue weighted by molar-refractivity contribution is 0.215. The zero-order chi connectivity index (χ0) is 14.6. The Hall–Kier alpha value is -0.630. The van der Waals surface area contributed by atoms with Gasteiger partial charge in [-0.05, 0) is 44.3 Å². The molecule has 1 saturated heterocycles. The fraction of sp³-hybridized carbons (Fsp3) is 0.692. The molecule has 0 radical (unpaired) electrons. The van der Waals surface area contributed by atoms with E-state index in [9.17, 15) is 8.42 Å². The fourth-order valence-electron chi connectivity index (χ4n) is 2.52. The van der Waals surface area contributed by atoms with Crippen LogP contribution in [0.2, 0.25) is 0 Å². The molecule has 1 aromatic rings. The molecule has 0 unspecified atom stereocenters. The van der Waals surface area contributed by atoms with Gasteiger partial charge in [0.25, 0.3) is 10.0 Å². The van der Waals surface area contributed by atoms with Crippen LogP contribution in [0.4, 0.5) is 0 Å². The highest BCUT2D eigenvalue weighted by molar-refractivity contribution is 7.91. The van der Waals surface area contributed by atoms with Crippen LogP contribution >= 0.6 is 11.3 Å². The number of nitrogens with one attached hydrogen (secondary N) is 1. The van der Waals surface area contributed by atoms with Crippen LogP contribution in [0, 0.1) is 0 Å². The first-order valence-electron chi connectivity index (χ1n) is 6.89. The number of rotatable bonds is 6. The third-order valence-electron chi connectivity index (χ3n) is 3.40. The molecule has 1 atom stereocenters. The highest BCUT2D eigenvalue weighted by Gasteiger charge is 2.24. The van der Waals surface area contributed by atoms with Crippen LogP contribution in [0.15, 0.2) is 15.7 Å². The minimum absolute atomic E-state index is 0.107. The molecule has 2 rings (SSSR count). The van der Waals surface area contributed by atoms with E-state index in [-0.39, 0.29) is 10.3 Å². The SMILES string of the molecule is COc1ccsc1S(=O)(=O)N[C@@H](C)CN1CCCCC1. The van der Waals surface area contributed by atoms with Crippen molar-refractivity contribution in [2.24, 2.45) is 0 Å². The number of ether oxygens (including phenoxy) is 1. The van der Waals surface area contributed by atoms with Gasteiger partial charge in [0.05, 0.1) is 7.11 Å². The van der Waals surface area contributed by atoms with Gasteiger partial charge in [0, 0.05) is 12.6 Å². The summed E-state index contributed by atoms with van der Waals surface area (Å²) in [6.07, 6.45) is 3.69. The first-order chi connectivity index (χ1) is 9.53. The Morgan fingerprint density at radius 3 is 2.75 bits per heavy atom. The lowest BCUT2D eigenvalue weighted by atomic mass is 10.1. The number of nitrogens with zero attached hydrogens (tertiary/aromatic N) is 1. The topological polar surface area (TPSA) is 58.6 Å². The quantitative estimate of drug-likeness (QED) is 0.870. The summed E-state index contributed by atoms with van der Waals surface area (Å²) >= 11 is 1.18. The largest absolute Gasteiger partial charge is 0.494 e. The van der Waals surface area contributed by atoms with E-state index in [1.165, 1.54) is 37.7 Å². The predicted octanol–water partition coefficient (Wildman–Crippen LogP) is 1.91. The van der Waals surface area contributed by atoms with Gasteiger partial charge in [0.2, 0.25) is 0 Å². The minimum Gasteiger partial charge on any atom is -0.494 e. The monoisotopic (exact) mass is 318 g/mol. The zero-order valence-electron chi connectivity index (χ0n) is 12.0. The summed E-state index contributed by atoms with van der Waals surface area (Å²) in [7, 11) is -2.01. The van der Waals surface area contributed by atoms with Crippen molar-refractivity contribution in [3.63, 3.8) is 0 Å². The van der Waals surface area contributed by atoms with Crippen molar-refractivity contribution in [1.29, 1.82) is 0 Å². The van der Waals surface area contributed by atoms with Gasteiger partial charge in [0.1, 0.15) is 5.75 Å². The first kappa shape index (κ1) is 15.8. The molecule has 2 heterocycles. The van der Waals surface area contributed by atoms with E-state index < -0.39 is 10.0 Å². The molecule has 0 bridgehead atoms. The van der Waals surface area contributed by atoms with Crippen molar-refractivity contribution in [3.8, 4) is 5.75 Å². The second kappa shape index (κ2) is 6.89. The lowest BCUT2D eigenvalue weighted by Crippen LogP contribution is -2.43. The Morgan fingerprint density at radius 1 is 1.40 bits per heavy atom. The van der Waals surface area contributed by atoms with Crippen molar-refractivity contribution in [1.82, 2.24) is 9.62 Å². The summed E-state index contributed by atoms with van der Waals surface area (Å²) in [5.74, 6) is 0.410. The molecule has 7 heteroatoms. The number of likely N-dealkylation sites (tertiary alicyclic amines) is 1. The van der Waals surface area contributed by atoms with E-state index in [2.05, 4.69) is 9.62 Å². The molecule has 0 aliphatic carbocycles. The van der Waals surface area contributed by atoms with Gasteiger partial charge in [-0.15, -0.1) is 11.3 Å². The molecule has 0 spiro atoms. The maximum Gasteiger partial charge on any atom is 0.254 e. The maximum absolute atomic E-state index is 12.3. The van der Waals surface area contributed by atoms with E-state index in [0.29, 0.717) is 5.75 Å².